The van der Waals surface area contributed by atoms with Gasteiger partial charge in [-0.25, -0.2) is 8.42 Å². The summed E-state index contributed by atoms with van der Waals surface area (Å²) < 4.78 is 26.4. The summed E-state index contributed by atoms with van der Waals surface area (Å²) in [5.74, 6) is 0.408. The number of non-ortho nitro benzene ring substituents is 1. The minimum atomic E-state index is -3.78. The molecule has 0 saturated carbocycles. The number of benzene rings is 2. The smallest absolute Gasteiger partial charge is 0.269 e. The van der Waals surface area contributed by atoms with Crippen LogP contribution in [0.15, 0.2) is 53.4 Å². The average molecular weight is 414 g/mol. The van der Waals surface area contributed by atoms with Crippen molar-refractivity contribution in [3.8, 4) is 0 Å². The summed E-state index contributed by atoms with van der Waals surface area (Å²) in [6.45, 7) is 4.29. The normalized spacial score (nSPS) is 12.7. The topological polar surface area (TPSA) is 107 Å². The van der Waals surface area contributed by atoms with Crippen molar-refractivity contribution in [3.63, 3.8) is 0 Å². The molecule has 0 aromatic heterocycles. The summed E-state index contributed by atoms with van der Waals surface area (Å²) in [6.07, 6.45) is 0. The van der Waals surface area contributed by atoms with Crippen molar-refractivity contribution in [1.82, 2.24) is 4.31 Å². The van der Waals surface area contributed by atoms with Gasteiger partial charge in [-0.15, -0.1) is 12.4 Å². The summed E-state index contributed by atoms with van der Waals surface area (Å²) in [4.78, 5) is 10.1. The van der Waals surface area contributed by atoms with Crippen LogP contribution in [0.3, 0.4) is 0 Å². The molecule has 0 heterocycles. The molecule has 0 aliphatic rings. The zero-order chi connectivity index (χ0) is 19.5. The van der Waals surface area contributed by atoms with Crippen LogP contribution in [0.2, 0.25) is 0 Å². The Bertz CT molecular complexity index is 868. The quantitative estimate of drug-likeness (QED) is 0.552. The number of nitrogens with zero attached hydrogens (tertiary/aromatic N) is 2. The highest BCUT2D eigenvalue weighted by atomic mass is 35.5. The molecular weight excluding hydrogens is 390 g/mol. The van der Waals surface area contributed by atoms with Gasteiger partial charge in [-0.05, 0) is 29.2 Å². The van der Waals surface area contributed by atoms with E-state index in [1.807, 2.05) is 24.3 Å². The number of nitrogens with two attached hydrogens (primary N) is 1. The van der Waals surface area contributed by atoms with Crippen LogP contribution in [-0.4, -0.2) is 31.2 Å². The number of halogens is 1. The van der Waals surface area contributed by atoms with Crippen molar-refractivity contribution < 1.29 is 13.3 Å². The Labute approximate surface area is 165 Å². The second-order valence-corrected chi connectivity index (χ2v) is 8.51. The van der Waals surface area contributed by atoms with E-state index < -0.39 is 21.0 Å². The van der Waals surface area contributed by atoms with Gasteiger partial charge >= 0.3 is 0 Å². The van der Waals surface area contributed by atoms with Crippen molar-refractivity contribution in [3.05, 3.63) is 69.8 Å². The predicted octanol–water partition coefficient (Wildman–Crippen LogP) is 3.46. The van der Waals surface area contributed by atoms with E-state index in [0.717, 1.165) is 9.87 Å². The van der Waals surface area contributed by atoms with Gasteiger partial charge < -0.3 is 5.73 Å². The summed E-state index contributed by atoms with van der Waals surface area (Å²) in [5.41, 5.74) is 8.04. The molecule has 2 aromatic carbocycles. The molecule has 0 amide bonds. The molecule has 7 nitrogen and oxygen atoms in total. The van der Waals surface area contributed by atoms with Gasteiger partial charge in [-0.3, -0.25) is 10.1 Å². The molecule has 148 valence electrons. The van der Waals surface area contributed by atoms with E-state index in [2.05, 4.69) is 13.8 Å². The molecule has 2 aromatic rings. The number of nitro groups is 1. The Kier molecular flexibility index (Phi) is 7.91. The second-order valence-electron chi connectivity index (χ2n) is 6.46. The number of hydrogen-bond acceptors (Lipinski definition) is 5. The van der Waals surface area contributed by atoms with Gasteiger partial charge in [0.1, 0.15) is 0 Å². The van der Waals surface area contributed by atoms with Crippen molar-refractivity contribution in [2.45, 2.75) is 30.7 Å². The van der Waals surface area contributed by atoms with Gasteiger partial charge in [0.2, 0.25) is 10.0 Å². The lowest BCUT2D eigenvalue weighted by Gasteiger charge is -2.22. The van der Waals surface area contributed by atoms with Crippen molar-refractivity contribution >= 4 is 28.1 Å². The van der Waals surface area contributed by atoms with Crippen LogP contribution >= 0.6 is 12.4 Å². The summed E-state index contributed by atoms with van der Waals surface area (Å²) in [7, 11) is -2.33. The standard InChI is InChI=1S/C18H23N3O4S.ClH/c1-13(2)14-4-6-15(7-5-14)18(19)12-20(3)26(24,25)17-10-8-16(9-11-17)21(22)23;/h4-11,13,18H,12,19H2,1-3H3;1H/t18-;/m1./s1. The minimum Gasteiger partial charge on any atom is -0.323 e. The number of nitro benzene ring substituents is 1. The first-order valence-electron chi connectivity index (χ1n) is 8.19. The summed E-state index contributed by atoms with van der Waals surface area (Å²) in [6, 6.07) is 12.1. The Balaban J connectivity index is 0.00000364. The SMILES string of the molecule is CC(C)c1ccc([C@H](N)CN(C)S(=O)(=O)c2ccc([N+](=O)[O-])cc2)cc1.Cl. The third-order valence-corrected chi connectivity index (χ3v) is 6.08. The first-order chi connectivity index (χ1) is 12.1. The Hall–Kier alpha value is -2.00. The molecule has 0 saturated heterocycles. The molecule has 0 unspecified atom stereocenters. The monoisotopic (exact) mass is 413 g/mol. The minimum absolute atomic E-state index is 0. The Morgan fingerprint density at radius 1 is 1.04 bits per heavy atom. The fraction of sp³-hybridized carbons (Fsp3) is 0.333. The summed E-state index contributed by atoms with van der Waals surface area (Å²) in [5, 5.41) is 10.7. The van der Waals surface area contributed by atoms with Crippen molar-refractivity contribution in [1.29, 1.82) is 0 Å². The van der Waals surface area contributed by atoms with Gasteiger partial charge in [0.05, 0.1) is 9.82 Å². The van der Waals surface area contributed by atoms with E-state index in [0.29, 0.717) is 5.92 Å². The maximum absolute atomic E-state index is 12.6. The lowest BCUT2D eigenvalue weighted by Crippen LogP contribution is -2.34. The molecule has 0 bridgehead atoms. The number of likely N-dealkylation sites (N-methyl/N-ethyl adjacent to an activating group) is 1. The Morgan fingerprint density at radius 2 is 1.52 bits per heavy atom. The van der Waals surface area contributed by atoms with Gasteiger partial charge in [0.25, 0.3) is 5.69 Å². The maximum Gasteiger partial charge on any atom is 0.269 e. The van der Waals surface area contributed by atoms with Crippen LogP contribution in [0, 0.1) is 10.1 Å². The van der Waals surface area contributed by atoms with Crippen LogP contribution in [0.1, 0.15) is 36.9 Å². The molecule has 0 aliphatic carbocycles. The highest BCUT2D eigenvalue weighted by Gasteiger charge is 2.24. The van der Waals surface area contributed by atoms with Crippen molar-refractivity contribution in [2.75, 3.05) is 13.6 Å². The molecule has 2 N–H and O–H groups in total. The zero-order valence-electron chi connectivity index (χ0n) is 15.4. The average Bonchev–Trinajstić information content (AvgIpc) is 2.61. The molecule has 0 spiro atoms. The van der Waals surface area contributed by atoms with Crippen LogP contribution < -0.4 is 5.73 Å². The molecule has 0 radical (unpaired) electrons. The number of rotatable bonds is 7. The van der Waals surface area contributed by atoms with Crippen LogP contribution in [0.4, 0.5) is 5.69 Å². The first kappa shape index (κ1) is 23.0. The third-order valence-electron chi connectivity index (χ3n) is 4.24. The van der Waals surface area contributed by atoms with E-state index in [4.69, 9.17) is 5.73 Å². The highest BCUT2D eigenvalue weighted by Crippen LogP contribution is 2.22. The fourth-order valence-corrected chi connectivity index (χ4v) is 3.73. The van der Waals surface area contributed by atoms with Gasteiger partial charge in [-0.1, -0.05) is 38.1 Å². The second kappa shape index (κ2) is 9.27. The van der Waals surface area contributed by atoms with Crippen LogP contribution in [0.25, 0.3) is 0 Å². The number of hydrogen-bond donors (Lipinski definition) is 1. The zero-order valence-corrected chi connectivity index (χ0v) is 17.0. The van der Waals surface area contributed by atoms with E-state index in [1.54, 1.807) is 0 Å². The van der Waals surface area contributed by atoms with E-state index in [1.165, 1.54) is 36.9 Å². The molecule has 27 heavy (non-hydrogen) atoms. The number of sulfonamides is 1. The predicted molar refractivity (Wildman–Crippen MR) is 108 cm³/mol. The Morgan fingerprint density at radius 3 is 1.96 bits per heavy atom. The van der Waals surface area contributed by atoms with E-state index >= 15 is 0 Å². The van der Waals surface area contributed by atoms with E-state index in [-0.39, 0.29) is 29.5 Å². The molecule has 0 aliphatic heterocycles. The molecule has 1 atom stereocenters. The lowest BCUT2D eigenvalue weighted by molar-refractivity contribution is -0.384. The summed E-state index contributed by atoms with van der Waals surface area (Å²) >= 11 is 0. The molecule has 9 heteroatoms. The van der Waals surface area contributed by atoms with Crippen LogP contribution in [0.5, 0.6) is 0 Å². The lowest BCUT2D eigenvalue weighted by atomic mass is 9.99. The largest absolute Gasteiger partial charge is 0.323 e. The third kappa shape index (κ3) is 5.49. The van der Waals surface area contributed by atoms with E-state index in [9.17, 15) is 18.5 Å². The molecule has 0 fully saturated rings. The molecular formula is C18H24ClN3O4S. The molecule has 2 rings (SSSR count). The fourth-order valence-electron chi connectivity index (χ4n) is 2.53. The highest BCUT2D eigenvalue weighted by molar-refractivity contribution is 7.89. The first-order valence-corrected chi connectivity index (χ1v) is 9.63. The van der Waals surface area contributed by atoms with Crippen molar-refractivity contribution in [2.24, 2.45) is 5.73 Å². The van der Waals surface area contributed by atoms with Gasteiger partial charge in [0.15, 0.2) is 0 Å². The van der Waals surface area contributed by atoms with Crippen LogP contribution in [-0.2, 0) is 10.0 Å². The maximum atomic E-state index is 12.6. The van der Waals surface area contributed by atoms with Gasteiger partial charge in [-0.2, -0.15) is 4.31 Å². The van der Waals surface area contributed by atoms with Gasteiger partial charge in [0, 0.05) is 31.8 Å².